The lowest BCUT2D eigenvalue weighted by Crippen LogP contribution is -1.95. The summed E-state index contributed by atoms with van der Waals surface area (Å²) in [7, 11) is 0. The molecule has 240 valence electrons. The second kappa shape index (κ2) is 10.3. The van der Waals surface area contributed by atoms with E-state index in [1.165, 1.54) is 98.7 Å². The summed E-state index contributed by atoms with van der Waals surface area (Å²) in [4.78, 5) is 4.79. The summed E-state index contributed by atoms with van der Waals surface area (Å²) in [5, 5.41) is 10.1. The van der Waals surface area contributed by atoms with Gasteiger partial charge < -0.3 is 9.13 Å². The maximum Gasteiger partial charge on any atom is 0.0786 e. The minimum absolute atomic E-state index is 1.07. The number of rotatable bonds is 3. The van der Waals surface area contributed by atoms with Gasteiger partial charge in [0.2, 0.25) is 0 Å². The highest BCUT2D eigenvalue weighted by atomic mass is 15.0. The smallest absolute Gasteiger partial charge is 0.0786 e. The topological polar surface area (TPSA) is 22.8 Å². The van der Waals surface area contributed by atoms with Crippen LogP contribution in [0.3, 0.4) is 0 Å². The van der Waals surface area contributed by atoms with E-state index in [2.05, 4.69) is 173 Å². The van der Waals surface area contributed by atoms with Gasteiger partial charge in [-0.2, -0.15) is 0 Å². The molecule has 1 aliphatic rings. The normalized spacial score (nSPS) is 12.2. The number of aromatic nitrogens is 3. The molecule has 8 aromatic carbocycles. The minimum atomic E-state index is 1.07. The van der Waals surface area contributed by atoms with Gasteiger partial charge in [0.25, 0.3) is 0 Å². The molecule has 0 aliphatic heterocycles. The number of hydrogen-bond acceptors (Lipinski definition) is 1. The van der Waals surface area contributed by atoms with Crippen LogP contribution < -0.4 is 0 Å². The number of benzene rings is 8. The molecule has 3 aromatic heterocycles. The van der Waals surface area contributed by atoms with E-state index in [-0.39, 0.29) is 0 Å². The molecule has 3 heterocycles. The molecular formula is C49H29N3. The van der Waals surface area contributed by atoms with Crippen molar-refractivity contribution >= 4 is 65.2 Å². The third kappa shape index (κ3) is 3.72. The lowest BCUT2D eigenvalue weighted by molar-refractivity contribution is 1.18. The molecule has 0 N–H and O–H groups in total. The standard InChI is InChI=1S/C49H29N3/c1-2-12-34(13-3-1)51-45-23-21-32(28-42(45)48-36-14-5-4-10-30(36)19-24-46(48)51)31-20-22-44-40(27-31)37-15-6-7-18-43(37)52(44)35-26-33-11-8-16-39-47(33)41(29-35)38-17-9-25-50-49(38)39/h1-29H. The molecule has 52 heavy (non-hydrogen) atoms. The summed E-state index contributed by atoms with van der Waals surface area (Å²) in [6.07, 6.45) is 1.90. The largest absolute Gasteiger partial charge is 0.309 e. The summed E-state index contributed by atoms with van der Waals surface area (Å²) in [6.45, 7) is 0. The van der Waals surface area contributed by atoms with Crippen molar-refractivity contribution < 1.29 is 0 Å². The van der Waals surface area contributed by atoms with Crippen molar-refractivity contribution in [2.45, 2.75) is 0 Å². The molecule has 0 amide bonds. The maximum atomic E-state index is 4.79. The van der Waals surface area contributed by atoms with Gasteiger partial charge in [-0.3, -0.25) is 4.98 Å². The van der Waals surface area contributed by atoms with E-state index >= 15 is 0 Å². The Balaban J connectivity index is 1.09. The van der Waals surface area contributed by atoms with Gasteiger partial charge in [0.1, 0.15) is 0 Å². The Bertz CT molecular complexity index is 3290. The molecule has 0 radical (unpaired) electrons. The molecule has 0 atom stereocenters. The lowest BCUT2D eigenvalue weighted by atomic mass is 9.99. The molecule has 0 fully saturated rings. The molecule has 3 nitrogen and oxygen atoms in total. The Hall–Kier alpha value is -6.97. The van der Waals surface area contributed by atoms with Gasteiger partial charge in [0.15, 0.2) is 0 Å². The zero-order valence-electron chi connectivity index (χ0n) is 28.1. The molecule has 0 spiro atoms. The third-order valence-electron chi connectivity index (χ3n) is 11.2. The zero-order chi connectivity index (χ0) is 33.9. The van der Waals surface area contributed by atoms with Gasteiger partial charge in [-0.05, 0) is 105 Å². The maximum absolute atomic E-state index is 4.79. The van der Waals surface area contributed by atoms with Crippen LogP contribution in [0.5, 0.6) is 0 Å². The number of pyridine rings is 1. The average molecular weight is 660 g/mol. The molecule has 12 rings (SSSR count). The molecule has 3 heteroatoms. The lowest BCUT2D eigenvalue weighted by Gasteiger charge is -2.12. The van der Waals surface area contributed by atoms with Gasteiger partial charge in [-0.15, -0.1) is 0 Å². The minimum Gasteiger partial charge on any atom is -0.309 e. The van der Waals surface area contributed by atoms with Crippen LogP contribution in [0.4, 0.5) is 0 Å². The second-order valence-corrected chi connectivity index (χ2v) is 14.0. The zero-order valence-corrected chi connectivity index (χ0v) is 28.1. The highest BCUT2D eigenvalue weighted by Gasteiger charge is 2.24. The first-order valence-electron chi connectivity index (χ1n) is 17.9. The number of hydrogen-bond donors (Lipinski definition) is 0. The Kier molecular flexibility index (Phi) is 5.50. The Morgan fingerprint density at radius 3 is 1.90 bits per heavy atom. The summed E-state index contributed by atoms with van der Waals surface area (Å²) < 4.78 is 4.85. The van der Waals surface area contributed by atoms with Crippen LogP contribution in [0.2, 0.25) is 0 Å². The number of nitrogens with zero attached hydrogens (tertiary/aromatic N) is 3. The molecule has 11 aromatic rings. The SMILES string of the molecule is c1ccc(-n2c3ccc(-c4ccc5c(c4)c4ccccc4n5-c4cc5c6c(cccc6c4)-c4ncccc4-5)cc3c3c4ccccc4ccc32)cc1. The summed E-state index contributed by atoms with van der Waals surface area (Å²) >= 11 is 0. The van der Waals surface area contributed by atoms with E-state index in [4.69, 9.17) is 4.98 Å². The Labute approximate surface area is 299 Å². The van der Waals surface area contributed by atoms with Crippen LogP contribution in [-0.2, 0) is 0 Å². The van der Waals surface area contributed by atoms with Crippen LogP contribution >= 0.6 is 0 Å². The number of para-hydroxylation sites is 2. The van der Waals surface area contributed by atoms with Gasteiger partial charge >= 0.3 is 0 Å². The highest BCUT2D eigenvalue weighted by Crippen LogP contribution is 2.48. The van der Waals surface area contributed by atoms with E-state index in [1.54, 1.807) is 0 Å². The first kappa shape index (κ1) is 27.8. The average Bonchev–Trinajstić information content (AvgIpc) is 3.84. The van der Waals surface area contributed by atoms with Crippen molar-refractivity contribution in [2.75, 3.05) is 0 Å². The fraction of sp³-hybridized carbons (Fsp3) is 0. The monoisotopic (exact) mass is 659 g/mol. The van der Waals surface area contributed by atoms with Gasteiger partial charge in [0.05, 0.1) is 27.8 Å². The molecule has 0 saturated heterocycles. The highest BCUT2D eigenvalue weighted by molar-refractivity contribution is 6.22. The predicted octanol–water partition coefficient (Wildman–Crippen LogP) is 12.9. The molecule has 1 aliphatic carbocycles. The fourth-order valence-corrected chi connectivity index (χ4v) is 9.04. The molecule has 0 unspecified atom stereocenters. The van der Waals surface area contributed by atoms with E-state index in [0.717, 1.165) is 11.4 Å². The van der Waals surface area contributed by atoms with Crippen molar-refractivity contribution in [1.82, 2.24) is 14.1 Å². The van der Waals surface area contributed by atoms with Crippen molar-refractivity contribution in [3.05, 3.63) is 176 Å². The van der Waals surface area contributed by atoms with Crippen LogP contribution in [-0.4, -0.2) is 14.1 Å². The molecular weight excluding hydrogens is 631 g/mol. The van der Waals surface area contributed by atoms with Crippen LogP contribution in [0.15, 0.2) is 176 Å². The summed E-state index contributed by atoms with van der Waals surface area (Å²) in [5.74, 6) is 0. The van der Waals surface area contributed by atoms with E-state index in [1.807, 2.05) is 12.3 Å². The van der Waals surface area contributed by atoms with Gasteiger partial charge in [0, 0.05) is 50.2 Å². The quantitative estimate of drug-likeness (QED) is 0.185. The van der Waals surface area contributed by atoms with Crippen LogP contribution in [0.1, 0.15) is 0 Å². The van der Waals surface area contributed by atoms with E-state index in [0.29, 0.717) is 0 Å². The number of fused-ring (bicyclic) bond motifs is 11. The summed E-state index contributed by atoms with van der Waals surface area (Å²) in [5.41, 5.74) is 14.3. The first-order valence-corrected chi connectivity index (χ1v) is 17.9. The van der Waals surface area contributed by atoms with Gasteiger partial charge in [-0.25, -0.2) is 0 Å². The molecule has 0 saturated carbocycles. The fourth-order valence-electron chi connectivity index (χ4n) is 9.04. The third-order valence-corrected chi connectivity index (χ3v) is 11.2. The van der Waals surface area contributed by atoms with Crippen molar-refractivity contribution in [3.63, 3.8) is 0 Å². The Morgan fingerprint density at radius 2 is 1.02 bits per heavy atom. The Morgan fingerprint density at radius 1 is 0.346 bits per heavy atom. The van der Waals surface area contributed by atoms with Gasteiger partial charge in [-0.1, -0.05) is 103 Å². The van der Waals surface area contributed by atoms with E-state index in [9.17, 15) is 0 Å². The molecule has 0 bridgehead atoms. The predicted molar refractivity (Wildman–Crippen MR) is 218 cm³/mol. The van der Waals surface area contributed by atoms with Crippen molar-refractivity contribution in [2.24, 2.45) is 0 Å². The second-order valence-electron chi connectivity index (χ2n) is 14.0. The first-order chi connectivity index (χ1) is 25.8. The van der Waals surface area contributed by atoms with Crippen molar-refractivity contribution in [1.29, 1.82) is 0 Å². The van der Waals surface area contributed by atoms with Crippen LogP contribution in [0, 0.1) is 0 Å². The van der Waals surface area contributed by atoms with E-state index < -0.39 is 0 Å². The van der Waals surface area contributed by atoms with Crippen LogP contribution in [0.25, 0.3) is 110 Å². The summed E-state index contributed by atoms with van der Waals surface area (Å²) in [6, 6.07) is 62.3. The van der Waals surface area contributed by atoms with Crippen molar-refractivity contribution in [3.8, 4) is 44.9 Å².